The van der Waals surface area contributed by atoms with E-state index in [1.165, 1.54) is 31.3 Å². The van der Waals surface area contributed by atoms with Crippen molar-refractivity contribution in [3.63, 3.8) is 0 Å². The van der Waals surface area contributed by atoms with Crippen molar-refractivity contribution in [2.45, 2.75) is 12.8 Å². The zero-order chi connectivity index (χ0) is 5.82. The molecule has 1 aliphatic rings. The summed E-state index contributed by atoms with van der Waals surface area (Å²) in [6.07, 6.45) is 2.76. The highest BCUT2D eigenvalue weighted by Crippen LogP contribution is 2.11. The highest BCUT2D eigenvalue weighted by Gasteiger charge is 2.09. The van der Waals surface area contributed by atoms with E-state index in [-0.39, 0.29) is 0 Å². The Balaban J connectivity index is 2.13. The monoisotopic (exact) mass is 177 g/mol. The molecule has 1 fully saturated rings. The van der Waals surface area contributed by atoms with Gasteiger partial charge >= 0.3 is 0 Å². The third kappa shape index (κ3) is 1.75. The quantitative estimate of drug-likeness (QED) is 0.598. The molecule has 0 radical (unpaired) electrons. The van der Waals surface area contributed by atoms with E-state index in [4.69, 9.17) is 0 Å². The van der Waals surface area contributed by atoms with Crippen molar-refractivity contribution in [3.8, 4) is 0 Å². The number of hydrogen-bond donors (Lipinski definition) is 1. The first kappa shape index (κ1) is 6.56. The fraction of sp³-hybridized carbons (Fsp3) is 1.00. The van der Waals surface area contributed by atoms with E-state index in [0.717, 1.165) is 5.92 Å². The van der Waals surface area contributed by atoms with Crippen LogP contribution in [-0.2, 0) is 0 Å². The first-order valence-corrected chi connectivity index (χ1v) is 4.32. The Morgan fingerprint density at radius 3 is 2.88 bits per heavy atom. The lowest BCUT2D eigenvalue weighted by molar-refractivity contribution is 0.412. The van der Waals surface area contributed by atoms with Crippen molar-refractivity contribution < 1.29 is 0 Å². The van der Waals surface area contributed by atoms with Crippen LogP contribution in [0.15, 0.2) is 0 Å². The van der Waals surface area contributed by atoms with Crippen LogP contribution in [-0.4, -0.2) is 18.4 Å². The van der Waals surface area contributed by atoms with Gasteiger partial charge in [-0.2, -0.15) is 0 Å². The maximum Gasteiger partial charge on any atom is 0.00717 e. The van der Waals surface area contributed by atoms with Crippen molar-refractivity contribution in [2.75, 3.05) is 18.4 Å². The summed E-state index contributed by atoms with van der Waals surface area (Å²) in [6, 6.07) is 0. The van der Waals surface area contributed by atoms with Crippen LogP contribution in [0.5, 0.6) is 0 Å². The lowest BCUT2D eigenvalue weighted by Crippen LogP contribution is -2.30. The van der Waals surface area contributed by atoms with Crippen LogP contribution in [0, 0.1) is 5.92 Å². The molecule has 1 atom stereocenters. The second kappa shape index (κ2) is 3.46. The van der Waals surface area contributed by atoms with Gasteiger partial charge in [0.15, 0.2) is 0 Å². The molecule has 8 heavy (non-hydrogen) atoms. The van der Waals surface area contributed by atoms with Gasteiger partial charge in [-0.25, -0.2) is 0 Å². The average Bonchev–Trinajstić information content (AvgIpc) is 1.90. The SMILES string of the molecule is BrCC1CCCNC1. The summed E-state index contributed by atoms with van der Waals surface area (Å²) in [5, 5.41) is 4.52. The highest BCUT2D eigenvalue weighted by molar-refractivity contribution is 9.09. The zero-order valence-corrected chi connectivity index (χ0v) is 6.58. The third-order valence-corrected chi connectivity index (χ3v) is 2.53. The Labute approximate surface area is 59.0 Å². The summed E-state index contributed by atoms with van der Waals surface area (Å²) in [7, 11) is 0. The minimum absolute atomic E-state index is 0.892. The second-order valence-electron chi connectivity index (χ2n) is 2.37. The van der Waals surface area contributed by atoms with Gasteiger partial charge in [0.05, 0.1) is 0 Å². The van der Waals surface area contributed by atoms with E-state index in [1.54, 1.807) is 0 Å². The van der Waals surface area contributed by atoms with Crippen LogP contribution in [0.4, 0.5) is 0 Å². The minimum Gasteiger partial charge on any atom is -0.316 e. The van der Waals surface area contributed by atoms with Crippen molar-refractivity contribution in [3.05, 3.63) is 0 Å². The molecule has 0 aromatic rings. The largest absolute Gasteiger partial charge is 0.316 e. The number of rotatable bonds is 1. The predicted molar refractivity (Wildman–Crippen MR) is 39.4 cm³/mol. The molecular formula is C6H12BrN. The van der Waals surface area contributed by atoms with E-state index < -0.39 is 0 Å². The summed E-state index contributed by atoms with van der Waals surface area (Å²) < 4.78 is 0. The Bertz CT molecular complexity index is 59.5. The normalized spacial score (nSPS) is 30.4. The molecule has 0 aromatic heterocycles. The summed E-state index contributed by atoms with van der Waals surface area (Å²) in [5.41, 5.74) is 0. The molecular weight excluding hydrogens is 166 g/mol. The first-order chi connectivity index (χ1) is 3.93. The molecule has 0 amide bonds. The van der Waals surface area contributed by atoms with Gasteiger partial charge in [-0.05, 0) is 31.8 Å². The molecule has 0 spiro atoms. The molecule has 1 N–H and O–H groups in total. The smallest absolute Gasteiger partial charge is 0.00717 e. The van der Waals surface area contributed by atoms with Gasteiger partial charge in [-0.1, -0.05) is 15.9 Å². The number of piperidine rings is 1. The van der Waals surface area contributed by atoms with Gasteiger partial charge in [0.25, 0.3) is 0 Å². The molecule has 1 saturated heterocycles. The number of alkyl halides is 1. The van der Waals surface area contributed by atoms with E-state index in [0.29, 0.717) is 0 Å². The van der Waals surface area contributed by atoms with Gasteiger partial charge in [0, 0.05) is 5.33 Å². The molecule has 1 unspecified atom stereocenters. The standard InChI is InChI=1S/C6H12BrN/c7-4-6-2-1-3-8-5-6/h6,8H,1-5H2. The van der Waals surface area contributed by atoms with Crippen LogP contribution in [0.3, 0.4) is 0 Å². The molecule has 2 heteroatoms. The van der Waals surface area contributed by atoms with E-state index in [2.05, 4.69) is 21.2 Å². The molecule has 0 saturated carbocycles. The Morgan fingerprint density at radius 1 is 1.62 bits per heavy atom. The van der Waals surface area contributed by atoms with Crippen molar-refractivity contribution >= 4 is 15.9 Å². The van der Waals surface area contributed by atoms with Gasteiger partial charge < -0.3 is 5.32 Å². The van der Waals surface area contributed by atoms with Gasteiger partial charge in [0.1, 0.15) is 0 Å². The molecule has 48 valence electrons. The number of nitrogens with one attached hydrogen (secondary N) is 1. The Morgan fingerprint density at radius 2 is 2.50 bits per heavy atom. The summed E-state index contributed by atoms with van der Waals surface area (Å²) in [4.78, 5) is 0. The van der Waals surface area contributed by atoms with Crippen LogP contribution in [0.1, 0.15) is 12.8 Å². The van der Waals surface area contributed by atoms with Crippen LogP contribution in [0.25, 0.3) is 0 Å². The molecule has 0 bridgehead atoms. The fourth-order valence-electron chi connectivity index (χ4n) is 1.06. The average molecular weight is 178 g/mol. The summed E-state index contributed by atoms with van der Waals surface area (Å²) in [5.74, 6) is 0.892. The number of halogens is 1. The number of hydrogen-bond acceptors (Lipinski definition) is 1. The van der Waals surface area contributed by atoms with E-state index in [1.807, 2.05) is 0 Å². The summed E-state index contributed by atoms with van der Waals surface area (Å²) in [6.45, 7) is 2.44. The van der Waals surface area contributed by atoms with Crippen molar-refractivity contribution in [2.24, 2.45) is 5.92 Å². The van der Waals surface area contributed by atoms with Gasteiger partial charge in [-0.15, -0.1) is 0 Å². The molecule has 1 rings (SSSR count). The van der Waals surface area contributed by atoms with Crippen LogP contribution >= 0.6 is 15.9 Å². The zero-order valence-electron chi connectivity index (χ0n) is 4.99. The minimum atomic E-state index is 0.892. The van der Waals surface area contributed by atoms with Gasteiger partial charge in [0.2, 0.25) is 0 Å². The first-order valence-electron chi connectivity index (χ1n) is 3.20. The molecule has 0 aliphatic carbocycles. The van der Waals surface area contributed by atoms with Crippen molar-refractivity contribution in [1.82, 2.24) is 5.32 Å². The maximum atomic E-state index is 3.47. The molecule has 1 nitrogen and oxygen atoms in total. The Kier molecular flexibility index (Phi) is 2.84. The second-order valence-corrected chi connectivity index (χ2v) is 3.01. The molecule has 1 heterocycles. The fourth-order valence-corrected chi connectivity index (χ4v) is 1.61. The topological polar surface area (TPSA) is 12.0 Å². The van der Waals surface area contributed by atoms with E-state index >= 15 is 0 Å². The summed E-state index contributed by atoms with van der Waals surface area (Å²) >= 11 is 3.47. The lowest BCUT2D eigenvalue weighted by Gasteiger charge is -2.19. The Hall–Kier alpha value is 0.440. The van der Waals surface area contributed by atoms with E-state index in [9.17, 15) is 0 Å². The maximum absolute atomic E-state index is 3.47. The lowest BCUT2D eigenvalue weighted by atomic mass is 10.0. The molecule has 1 aliphatic heterocycles. The van der Waals surface area contributed by atoms with Crippen LogP contribution in [0.2, 0.25) is 0 Å². The highest BCUT2D eigenvalue weighted by atomic mass is 79.9. The van der Waals surface area contributed by atoms with Crippen molar-refractivity contribution in [1.29, 1.82) is 0 Å². The predicted octanol–water partition coefficient (Wildman–Crippen LogP) is 1.38. The molecule has 0 aromatic carbocycles. The van der Waals surface area contributed by atoms with Crippen LogP contribution < -0.4 is 5.32 Å². The van der Waals surface area contributed by atoms with Gasteiger partial charge in [-0.3, -0.25) is 0 Å². The third-order valence-electron chi connectivity index (χ3n) is 1.62.